The summed E-state index contributed by atoms with van der Waals surface area (Å²) in [6.07, 6.45) is -0.374. The third-order valence-corrected chi connectivity index (χ3v) is 4.11. The number of para-hydroxylation sites is 1. The topological polar surface area (TPSA) is 133 Å². The molecule has 0 aliphatic rings. The van der Waals surface area contributed by atoms with Crippen molar-refractivity contribution in [2.45, 2.75) is 19.4 Å². The van der Waals surface area contributed by atoms with Crippen molar-refractivity contribution in [2.24, 2.45) is 7.05 Å². The maximum absolute atomic E-state index is 12.7. The minimum atomic E-state index is -1.40. The first kappa shape index (κ1) is 19.4. The molecule has 140 valence electrons. The molecule has 2 aromatic rings. The van der Waals surface area contributed by atoms with Crippen molar-refractivity contribution in [3.63, 3.8) is 0 Å². The minimum Gasteiger partial charge on any atom is -0.544 e. The summed E-state index contributed by atoms with van der Waals surface area (Å²) >= 11 is 0. The van der Waals surface area contributed by atoms with Gasteiger partial charge in [0.15, 0.2) is 0 Å². The molecule has 1 aromatic carbocycles. The van der Waals surface area contributed by atoms with Crippen molar-refractivity contribution in [1.29, 1.82) is 0 Å². The number of nitrogens with two attached hydrogens (primary N) is 1. The minimum absolute atomic E-state index is 0.0978. The van der Waals surface area contributed by atoms with E-state index in [-0.39, 0.29) is 25.3 Å². The van der Waals surface area contributed by atoms with Gasteiger partial charge in [0, 0.05) is 7.05 Å². The Kier molecular flexibility index (Phi) is 6.31. The molecule has 0 saturated heterocycles. The van der Waals surface area contributed by atoms with Crippen LogP contribution >= 0.6 is 0 Å². The first-order valence-corrected chi connectivity index (χ1v) is 8.15. The molecule has 1 amide bonds. The largest absolute Gasteiger partial charge is 0.544 e. The zero-order valence-corrected chi connectivity index (χ0v) is 14.6. The molecular weight excluding hydrogens is 340 g/mol. The molecule has 0 bridgehead atoms. The van der Waals surface area contributed by atoms with E-state index in [0.29, 0.717) is 11.4 Å². The van der Waals surface area contributed by atoms with Crippen LogP contribution in [0.5, 0.6) is 0 Å². The molecule has 1 aromatic heterocycles. The fourth-order valence-corrected chi connectivity index (χ4v) is 2.64. The second kappa shape index (κ2) is 8.45. The number of hydrogen-bond donors (Lipinski definition) is 3. The summed E-state index contributed by atoms with van der Waals surface area (Å²) in [7, 11) is 1.69. The summed E-state index contributed by atoms with van der Waals surface area (Å²) in [5.41, 5.74) is 0.874. The molecule has 0 fully saturated rings. The molecular formula is C17H22N4O5. The van der Waals surface area contributed by atoms with E-state index >= 15 is 0 Å². The van der Waals surface area contributed by atoms with Gasteiger partial charge < -0.3 is 25.6 Å². The third-order valence-electron chi connectivity index (χ3n) is 4.11. The van der Waals surface area contributed by atoms with Crippen LogP contribution < -0.4 is 21.3 Å². The molecule has 0 saturated carbocycles. The Bertz CT molecular complexity index is 841. The lowest BCUT2D eigenvalue weighted by Crippen LogP contribution is -2.94. The summed E-state index contributed by atoms with van der Waals surface area (Å²) in [4.78, 5) is 36.0. The van der Waals surface area contributed by atoms with Crippen LogP contribution in [0.1, 0.15) is 12.1 Å². The summed E-state index contributed by atoms with van der Waals surface area (Å²) < 4.78 is 3.03. The van der Waals surface area contributed by atoms with Crippen LogP contribution in [0.4, 0.5) is 5.69 Å². The molecule has 26 heavy (non-hydrogen) atoms. The molecule has 0 radical (unpaired) electrons. The number of aliphatic hydroxyl groups is 1. The summed E-state index contributed by atoms with van der Waals surface area (Å²) in [6.45, 7) is 1.60. The standard InChI is InChI=1S/C17H22N4O5/c1-11-15(19-14(23)10-13(17(25)26)18-8-9-22)16(24)21(20(11)2)12-6-4-3-5-7-12/h3-7,13,18,22H,8-10H2,1-2H3,(H,19,23)(H,25,26)/t13-/m1/s1. The number of aromatic nitrogens is 2. The lowest BCUT2D eigenvalue weighted by Gasteiger charge is -2.15. The van der Waals surface area contributed by atoms with E-state index < -0.39 is 23.5 Å². The molecule has 0 aliphatic carbocycles. The Morgan fingerprint density at radius 3 is 2.54 bits per heavy atom. The molecule has 1 atom stereocenters. The van der Waals surface area contributed by atoms with Crippen LogP contribution in [0.3, 0.4) is 0 Å². The maximum Gasteiger partial charge on any atom is 0.295 e. The number of rotatable bonds is 8. The lowest BCUT2D eigenvalue weighted by molar-refractivity contribution is -0.683. The number of benzene rings is 1. The first-order valence-electron chi connectivity index (χ1n) is 8.15. The van der Waals surface area contributed by atoms with Gasteiger partial charge in [-0.25, -0.2) is 4.68 Å². The third kappa shape index (κ3) is 4.19. The zero-order chi connectivity index (χ0) is 19.3. The number of nitrogens with zero attached hydrogens (tertiary/aromatic N) is 2. The van der Waals surface area contributed by atoms with E-state index in [4.69, 9.17) is 5.11 Å². The van der Waals surface area contributed by atoms with E-state index in [1.54, 1.807) is 42.9 Å². The number of aliphatic hydroxyl groups excluding tert-OH is 1. The van der Waals surface area contributed by atoms with Crippen molar-refractivity contribution in [3.8, 4) is 5.69 Å². The number of amides is 1. The predicted octanol–water partition coefficient (Wildman–Crippen LogP) is -2.51. The Hall–Kier alpha value is -2.91. The molecule has 2 rings (SSSR count). The predicted molar refractivity (Wildman–Crippen MR) is 91.7 cm³/mol. The number of carboxylic acid groups (broad SMARTS) is 1. The number of carbonyl (C=O) groups excluding carboxylic acids is 2. The van der Waals surface area contributed by atoms with Gasteiger partial charge in [-0.1, -0.05) is 18.2 Å². The number of carbonyl (C=O) groups is 2. The van der Waals surface area contributed by atoms with Crippen molar-refractivity contribution in [3.05, 3.63) is 46.4 Å². The highest BCUT2D eigenvalue weighted by atomic mass is 16.4. The number of nitrogens with one attached hydrogen (secondary N) is 1. The normalized spacial score (nSPS) is 12.0. The molecule has 9 nitrogen and oxygen atoms in total. The fraction of sp³-hybridized carbons (Fsp3) is 0.353. The summed E-state index contributed by atoms with van der Waals surface area (Å²) in [6, 6.07) is 7.82. The number of hydrogen-bond acceptors (Lipinski definition) is 5. The molecule has 0 aliphatic heterocycles. The van der Waals surface area contributed by atoms with Crippen LogP contribution in [0.15, 0.2) is 35.1 Å². The number of quaternary nitrogens is 1. The highest BCUT2D eigenvalue weighted by Gasteiger charge is 2.22. The van der Waals surface area contributed by atoms with Crippen LogP contribution in [0, 0.1) is 6.92 Å². The van der Waals surface area contributed by atoms with Crippen LogP contribution in [0.25, 0.3) is 5.69 Å². The van der Waals surface area contributed by atoms with Gasteiger partial charge in [0.2, 0.25) is 5.91 Å². The second-order valence-corrected chi connectivity index (χ2v) is 5.86. The molecule has 9 heteroatoms. The van der Waals surface area contributed by atoms with Gasteiger partial charge in [0.1, 0.15) is 11.7 Å². The molecule has 0 unspecified atom stereocenters. The molecule has 1 heterocycles. The highest BCUT2D eigenvalue weighted by Crippen LogP contribution is 2.14. The second-order valence-electron chi connectivity index (χ2n) is 5.86. The van der Waals surface area contributed by atoms with Crippen LogP contribution in [-0.2, 0) is 16.6 Å². The van der Waals surface area contributed by atoms with Crippen molar-refractivity contribution < 1.29 is 25.1 Å². The van der Waals surface area contributed by atoms with Gasteiger partial charge >= 0.3 is 0 Å². The van der Waals surface area contributed by atoms with Gasteiger partial charge in [-0.05, 0) is 19.1 Å². The van der Waals surface area contributed by atoms with Gasteiger partial charge in [-0.15, -0.1) is 0 Å². The van der Waals surface area contributed by atoms with Crippen molar-refractivity contribution in [2.75, 3.05) is 18.5 Å². The van der Waals surface area contributed by atoms with Crippen LogP contribution in [0.2, 0.25) is 0 Å². The van der Waals surface area contributed by atoms with Crippen molar-refractivity contribution in [1.82, 2.24) is 9.36 Å². The Morgan fingerprint density at radius 1 is 1.31 bits per heavy atom. The van der Waals surface area contributed by atoms with Crippen LogP contribution in [-0.4, -0.2) is 45.5 Å². The first-order chi connectivity index (χ1) is 12.4. The van der Waals surface area contributed by atoms with Gasteiger partial charge in [-0.3, -0.25) is 14.3 Å². The monoisotopic (exact) mass is 362 g/mol. The SMILES string of the molecule is Cc1c(NC(=O)C[C@@H]([NH2+]CCO)C(=O)[O-])c(=O)n(-c2ccccc2)n1C. The number of anilines is 1. The Morgan fingerprint density at radius 2 is 1.96 bits per heavy atom. The fourth-order valence-electron chi connectivity index (χ4n) is 2.64. The number of carboxylic acids is 1. The maximum atomic E-state index is 12.7. The average Bonchev–Trinajstić information content (AvgIpc) is 2.82. The van der Waals surface area contributed by atoms with E-state index in [9.17, 15) is 19.5 Å². The van der Waals surface area contributed by atoms with E-state index in [1.807, 2.05) is 6.07 Å². The quantitative estimate of drug-likeness (QED) is 0.477. The molecule has 0 spiro atoms. The number of aliphatic carboxylic acids is 1. The summed E-state index contributed by atoms with van der Waals surface area (Å²) in [5, 5.41) is 23.7. The van der Waals surface area contributed by atoms with E-state index in [1.165, 1.54) is 10.00 Å². The smallest absolute Gasteiger partial charge is 0.295 e. The zero-order valence-electron chi connectivity index (χ0n) is 14.6. The average molecular weight is 362 g/mol. The van der Waals surface area contributed by atoms with Gasteiger partial charge in [-0.2, -0.15) is 0 Å². The lowest BCUT2D eigenvalue weighted by atomic mass is 10.2. The van der Waals surface area contributed by atoms with E-state index in [2.05, 4.69) is 5.32 Å². The van der Waals surface area contributed by atoms with Gasteiger partial charge in [0.25, 0.3) is 5.56 Å². The summed E-state index contributed by atoms with van der Waals surface area (Å²) in [5.74, 6) is -2.01. The Balaban J connectivity index is 2.23. The van der Waals surface area contributed by atoms with Crippen molar-refractivity contribution >= 4 is 17.6 Å². The van der Waals surface area contributed by atoms with E-state index in [0.717, 1.165) is 0 Å². The van der Waals surface area contributed by atoms with Gasteiger partial charge in [0.05, 0.1) is 36.9 Å². The molecule has 4 N–H and O–H groups in total. The Labute approximate surface area is 149 Å². The highest BCUT2D eigenvalue weighted by molar-refractivity contribution is 5.93.